The average molecular weight is 362 g/mol. The number of benzene rings is 2. The molecule has 0 bridgehead atoms. The van der Waals surface area contributed by atoms with Crippen molar-refractivity contribution in [2.75, 3.05) is 0 Å². The number of amides is 1. The Kier molecular flexibility index (Phi) is 4.34. The number of carbonyl (C=O) groups excluding carboxylic acids is 1. The summed E-state index contributed by atoms with van der Waals surface area (Å²) >= 11 is 3.42. The highest BCUT2D eigenvalue weighted by Gasteiger charge is 2.33. The number of fused-ring (bicyclic) bond motifs is 1. The molecule has 0 radical (unpaired) electrons. The maximum absolute atomic E-state index is 12.3. The zero-order valence-electron chi connectivity index (χ0n) is 12.1. The highest BCUT2D eigenvalue weighted by Crippen LogP contribution is 2.33. The van der Waals surface area contributed by atoms with E-state index in [0.29, 0.717) is 18.0 Å². The summed E-state index contributed by atoms with van der Waals surface area (Å²) in [7, 11) is 0. The third-order valence-corrected chi connectivity index (χ3v) is 3.95. The minimum absolute atomic E-state index is 0.179. The molecule has 1 aliphatic heterocycles. The molecule has 2 atom stereocenters. The zero-order chi connectivity index (χ0) is 15.5. The van der Waals surface area contributed by atoms with Crippen LogP contribution in [0.5, 0.6) is 11.5 Å². The van der Waals surface area contributed by atoms with E-state index in [0.717, 1.165) is 10.0 Å². The van der Waals surface area contributed by atoms with Crippen molar-refractivity contribution in [3.63, 3.8) is 0 Å². The van der Waals surface area contributed by atoms with Gasteiger partial charge in [0.2, 0.25) is 6.10 Å². The Labute approximate surface area is 137 Å². The molecule has 0 aliphatic carbocycles. The molecule has 1 heterocycles. The number of nitrogens with one attached hydrogen (secondary N) is 1. The number of ether oxygens (including phenoxy) is 2. The molecular formula is C17H16BrNO3. The van der Waals surface area contributed by atoms with Gasteiger partial charge in [0.15, 0.2) is 11.5 Å². The van der Waals surface area contributed by atoms with Crippen LogP contribution >= 0.6 is 15.9 Å². The Balaban J connectivity index is 1.65. The maximum atomic E-state index is 12.3. The van der Waals surface area contributed by atoms with E-state index in [9.17, 15) is 4.79 Å². The van der Waals surface area contributed by atoms with E-state index in [-0.39, 0.29) is 12.0 Å². The Morgan fingerprint density at radius 1 is 1.14 bits per heavy atom. The van der Waals surface area contributed by atoms with E-state index in [4.69, 9.17) is 9.47 Å². The van der Waals surface area contributed by atoms with E-state index in [1.807, 2.05) is 49.4 Å². The number of rotatable bonds is 3. The lowest BCUT2D eigenvalue weighted by molar-refractivity contribution is -0.133. The van der Waals surface area contributed by atoms with Gasteiger partial charge in [0.05, 0.1) is 0 Å². The first-order chi connectivity index (χ1) is 10.6. The Hall–Kier alpha value is -2.01. The van der Waals surface area contributed by atoms with E-state index in [1.54, 1.807) is 6.07 Å². The van der Waals surface area contributed by atoms with Gasteiger partial charge < -0.3 is 14.8 Å². The maximum Gasteiger partial charge on any atom is 0.265 e. The first-order valence-electron chi connectivity index (χ1n) is 7.08. The van der Waals surface area contributed by atoms with E-state index in [2.05, 4.69) is 21.2 Å². The Morgan fingerprint density at radius 3 is 2.59 bits per heavy atom. The second-order valence-corrected chi connectivity index (χ2v) is 6.07. The topological polar surface area (TPSA) is 47.6 Å². The third-order valence-electron chi connectivity index (χ3n) is 3.46. The Morgan fingerprint density at radius 2 is 1.86 bits per heavy atom. The van der Waals surface area contributed by atoms with Gasteiger partial charge in [-0.3, -0.25) is 4.79 Å². The van der Waals surface area contributed by atoms with Crippen molar-refractivity contribution in [1.82, 2.24) is 5.32 Å². The molecule has 5 heteroatoms. The summed E-state index contributed by atoms with van der Waals surface area (Å²) < 4.78 is 12.5. The van der Waals surface area contributed by atoms with Gasteiger partial charge in [-0.25, -0.2) is 0 Å². The van der Waals surface area contributed by atoms with Crippen molar-refractivity contribution in [2.45, 2.75) is 25.7 Å². The molecule has 0 spiro atoms. The first-order valence-corrected chi connectivity index (χ1v) is 7.87. The van der Waals surface area contributed by atoms with Gasteiger partial charge in [-0.15, -0.1) is 0 Å². The SMILES string of the molecule is C[C@H]1Oc2ccccc2O[C@@H]1C(=O)NCc1cccc(Br)c1. The largest absolute Gasteiger partial charge is 0.482 e. The monoisotopic (exact) mass is 361 g/mol. The van der Waals surface area contributed by atoms with Crippen molar-refractivity contribution >= 4 is 21.8 Å². The van der Waals surface area contributed by atoms with Gasteiger partial charge in [0.1, 0.15) is 6.10 Å². The summed E-state index contributed by atoms with van der Waals surface area (Å²) in [5.74, 6) is 1.09. The molecule has 2 aromatic rings. The summed E-state index contributed by atoms with van der Waals surface area (Å²) in [6.45, 7) is 2.28. The highest BCUT2D eigenvalue weighted by molar-refractivity contribution is 9.10. The summed E-state index contributed by atoms with van der Waals surface area (Å²) in [6, 6.07) is 15.2. The number of halogens is 1. The molecule has 1 N–H and O–H groups in total. The molecule has 22 heavy (non-hydrogen) atoms. The minimum Gasteiger partial charge on any atom is -0.482 e. The molecular weight excluding hydrogens is 346 g/mol. The summed E-state index contributed by atoms with van der Waals surface area (Å²) in [5, 5.41) is 2.89. The number of hydrogen-bond acceptors (Lipinski definition) is 3. The molecule has 1 aliphatic rings. The van der Waals surface area contributed by atoms with Crippen LogP contribution in [0.2, 0.25) is 0 Å². The smallest absolute Gasteiger partial charge is 0.265 e. The number of para-hydroxylation sites is 2. The molecule has 3 rings (SSSR count). The van der Waals surface area contributed by atoms with Gasteiger partial charge in [0, 0.05) is 11.0 Å². The molecule has 0 aromatic heterocycles. The lowest BCUT2D eigenvalue weighted by Gasteiger charge is -2.31. The quantitative estimate of drug-likeness (QED) is 0.912. The molecule has 0 saturated heterocycles. The van der Waals surface area contributed by atoms with Gasteiger partial charge in [-0.1, -0.05) is 40.2 Å². The predicted molar refractivity (Wildman–Crippen MR) is 86.9 cm³/mol. The fourth-order valence-corrected chi connectivity index (χ4v) is 2.79. The van der Waals surface area contributed by atoms with E-state index < -0.39 is 6.10 Å². The molecule has 4 nitrogen and oxygen atoms in total. The van der Waals surface area contributed by atoms with Gasteiger partial charge in [-0.2, -0.15) is 0 Å². The molecule has 2 aromatic carbocycles. The standard InChI is InChI=1S/C17H16BrNO3/c1-11-16(22-15-8-3-2-7-14(15)21-11)17(20)19-10-12-5-4-6-13(18)9-12/h2-9,11,16H,10H2,1H3,(H,19,20)/t11-,16+/m1/s1. The lowest BCUT2D eigenvalue weighted by Crippen LogP contribution is -2.48. The van der Waals surface area contributed by atoms with Crippen LogP contribution in [0.1, 0.15) is 12.5 Å². The van der Waals surface area contributed by atoms with Crippen LogP contribution in [0, 0.1) is 0 Å². The van der Waals surface area contributed by atoms with Gasteiger partial charge >= 0.3 is 0 Å². The van der Waals surface area contributed by atoms with Crippen LogP contribution in [0.25, 0.3) is 0 Å². The van der Waals surface area contributed by atoms with Crippen LogP contribution in [-0.2, 0) is 11.3 Å². The van der Waals surface area contributed by atoms with Crippen molar-refractivity contribution in [3.05, 3.63) is 58.6 Å². The molecule has 0 fully saturated rings. The number of carbonyl (C=O) groups is 1. The predicted octanol–water partition coefficient (Wildman–Crippen LogP) is 3.29. The van der Waals surface area contributed by atoms with Crippen LogP contribution in [0.3, 0.4) is 0 Å². The Bertz CT molecular complexity index is 689. The second kappa shape index (κ2) is 6.40. The van der Waals surface area contributed by atoms with Crippen LogP contribution in [-0.4, -0.2) is 18.1 Å². The average Bonchev–Trinajstić information content (AvgIpc) is 2.52. The van der Waals surface area contributed by atoms with E-state index in [1.165, 1.54) is 0 Å². The molecule has 1 amide bonds. The fourth-order valence-electron chi connectivity index (χ4n) is 2.34. The summed E-state index contributed by atoms with van der Waals surface area (Å²) in [4.78, 5) is 12.3. The molecule has 114 valence electrons. The molecule has 0 unspecified atom stereocenters. The van der Waals surface area contributed by atoms with E-state index >= 15 is 0 Å². The van der Waals surface area contributed by atoms with Gasteiger partial charge in [0.25, 0.3) is 5.91 Å². The fraction of sp³-hybridized carbons (Fsp3) is 0.235. The highest BCUT2D eigenvalue weighted by atomic mass is 79.9. The lowest BCUT2D eigenvalue weighted by atomic mass is 10.1. The third kappa shape index (κ3) is 3.25. The zero-order valence-corrected chi connectivity index (χ0v) is 13.7. The van der Waals surface area contributed by atoms with Crippen molar-refractivity contribution < 1.29 is 14.3 Å². The van der Waals surface area contributed by atoms with Crippen LogP contribution in [0.4, 0.5) is 0 Å². The van der Waals surface area contributed by atoms with Crippen LogP contribution < -0.4 is 14.8 Å². The summed E-state index contributed by atoms with van der Waals surface area (Å²) in [5.41, 5.74) is 1.02. The first kappa shape index (κ1) is 14.9. The van der Waals surface area contributed by atoms with Crippen molar-refractivity contribution in [1.29, 1.82) is 0 Å². The van der Waals surface area contributed by atoms with Gasteiger partial charge in [-0.05, 0) is 36.8 Å². The summed E-state index contributed by atoms with van der Waals surface area (Å²) in [6.07, 6.45) is -0.987. The molecule has 0 saturated carbocycles. The van der Waals surface area contributed by atoms with Crippen molar-refractivity contribution in [3.8, 4) is 11.5 Å². The van der Waals surface area contributed by atoms with Crippen molar-refractivity contribution in [2.24, 2.45) is 0 Å². The number of hydrogen-bond donors (Lipinski definition) is 1. The normalized spacial score (nSPS) is 19.5. The second-order valence-electron chi connectivity index (χ2n) is 5.16. The minimum atomic E-state index is -0.651. The van der Waals surface area contributed by atoms with Crippen LogP contribution in [0.15, 0.2) is 53.0 Å².